The Balaban J connectivity index is 1.33. The Labute approximate surface area is 127 Å². The topological polar surface area (TPSA) is 32.3 Å². The van der Waals surface area contributed by atoms with Gasteiger partial charge in [-0.05, 0) is 69.2 Å². The van der Waals surface area contributed by atoms with Crippen LogP contribution in [-0.4, -0.2) is 47.3 Å². The molecule has 0 radical (unpaired) electrons. The highest BCUT2D eigenvalue weighted by atomic mass is 15.3. The van der Waals surface area contributed by atoms with Gasteiger partial charge in [0.2, 0.25) is 0 Å². The van der Waals surface area contributed by atoms with Crippen molar-refractivity contribution in [1.82, 2.24) is 15.1 Å². The van der Waals surface area contributed by atoms with Crippen LogP contribution in [0.4, 0.5) is 5.82 Å². The maximum absolute atomic E-state index is 4.26. The lowest BCUT2D eigenvalue weighted by molar-refractivity contribution is 0.0305. The van der Waals surface area contributed by atoms with Crippen molar-refractivity contribution < 1.29 is 0 Å². The van der Waals surface area contributed by atoms with Crippen LogP contribution in [0.1, 0.15) is 44.9 Å². The molecule has 3 fully saturated rings. The Morgan fingerprint density at radius 1 is 1.00 bits per heavy atom. The largest absolute Gasteiger partial charge is 0.355 e. The number of piperidine rings is 2. The fourth-order valence-electron chi connectivity index (χ4n) is 4.29. The van der Waals surface area contributed by atoms with Gasteiger partial charge >= 0.3 is 0 Å². The van der Waals surface area contributed by atoms with Gasteiger partial charge in [-0.1, -0.05) is 6.42 Å². The third-order valence-corrected chi connectivity index (χ3v) is 6.16. The fraction of sp³-hybridized carbons (Fsp3) is 0.765. The van der Waals surface area contributed by atoms with Gasteiger partial charge < -0.3 is 9.80 Å². The molecular formula is C17H26N4. The van der Waals surface area contributed by atoms with Gasteiger partial charge in [-0.15, -0.1) is 5.10 Å². The Morgan fingerprint density at radius 3 is 2.29 bits per heavy atom. The SMILES string of the molecule is c1cnnc(N2CCC3(CC2)CCN(C2CCC2)CC3)c1. The second kappa shape index (κ2) is 5.56. The average Bonchev–Trinajstić information content (AvgIpc) is 2.50. The molecule has 2 saturated heterocycles. The van der Waals surface area contributed by atoms with Crippen LogP contribution in [0.25, 0.3) is 0 Å². The smallest absolute Gasteiger partial charge is 0.151 e. The molecule has 3 aliphatic rings. The monoisotopic (exact) mass is 286 g/mol. The van der Waals surface area contributed by atoms with Gasteiger partial charge in [-0.3, -0.25) is 0 Å². The van der Waals surface area contributed by atoms with E-state index in [9.17, 15) is 0 Å². The van der Waals surface area contributed by atoms with Gasteiger partial charge in [0.25, 0.3) is 0 Å². The summed E-state index contributed by atoms with van der Waals surface area (Å²) in [4.78, 5) is 5.18. The summed E-state index contributed by atoms with van der Waals surface area (Å²) in [7, 11) is 0. The lowest BCUT2D eigenvalue weighted by Crippen LogP contribution is -2.51. The molecule has 0 amide bonds. The molecule has 1 aliphatic carbocycles. The summed E-state index contributed by atoms with van der Waals surface area (Å²) >= 11 is 0. The second-order valence-electron chi connectivity index (χ2n) is 7.19. The van der Waals surface area contributed by atoms with Crippen molar-refractivity contribution in [2.45, 2.75) is 51.0 Å². The summed E-state index contributed by atoms with van der Waals surface area (Å²) in [6, 6.07) is 5.01. The summed E-state index contributed by atoms with van der Waals surface area (Å²) < 4.78 is 0. The first-order chi connectivity index (χ1) is 10.3. The minimum absolute atomic E-state index is 0.624. The first kappa shape index (κ1) is 13.5. The summed E-state index contributed by atoms with van der Waals surface area (Å²) in [5.74, 6) is 1.05. The van der Waals surface area contributed by atoms with Crippen LogP contribution < -0.4 is 4.90 Å². The molecule has 1 aromatic heterocycles. The number of rotatable bonds is 2. The number of anilines is 1. The third kappa shape index (κ3) is 2.66. The summed E-state index contributed by atoms with van der Waals surface area (Å²) in [5.41, 5.74) is 0.624. The predicted octanol–water partition coefficient (Wildman–Crippen LogP) is 2.71. The first-order valence-corrected chi connectivity index (χ1v) is 8.61. The molecule has 1 spiro atoms. The highest BCUT2D eigenvalue weighted by Crippen LogP contribution is 2.43. The Kier molecular flexibility index (Phi) is 3.57. The van der Waals surface area contributed by atoms with Gasteiger partial charge in [0, 0.05) is 25.3 Å². The van der Waals surface area contributed by atoms with E-state index in [4.69, 9.17) is 0 Å². The quantitative estimate of drug-likeness (QED) is 0.837. The zero-order valence-corrected chi connectivity index (χ0v) is 12.9. The van der Waals surface area contributed by atoms with Crippen molar-refractivity contribution in [2.75, 3.05) is 31.1 Å². The van der Waals surface area contributed by atoms with Crippen LogP contribution in [0, 0.1) is 5.41 Å². The Bertz CT molecular complexity index is 453. The molecule has 4 nitrogen and oxygen atoms in total. The van der Waals surface area contributed by atoms with E-state index in [2.05, 4.69) is 26.1 Å². The molecule has 0 aromatic carbocycles. The lowest BCUT2D eigenvalue weighted by Gasteiger charge is -2.50. The molecule has 4 rings (SSSR count). The summed E-state index contributed by atoms with van der Waals surface area (Å²) in [6.07, 6.45) is 11.6. The van der Waals surface area contributed by atoms with Gasteiger partial charge in [-0.25, -0.2) is 0 Å². The standard InChI is InChI=1S/C17H26N4/c1-3-15(4-1)20-11-6-17(7-12-20)8-13-21(14-9-17)16-5-2-10-18-19-16/h2,5,10,15H,1,3-4,6-9,11-14H2. The van der Waals surface area contributed by atoms with E-state index >= 15 is 0 Å². The second-order valence-corrected chi connectivity index (χ2v) is 7.19. The molecular weight excluding hydrogens is 260 g/mol. The van der Waals surface area contributed by atoms with Crippen molar-refractivity contribution in [1.29, 1.82) is 0 Å². The molecule has 21 heavy (non-hydrogen) atoms. The first-order valence-electron chi connectivity index (χ1n) is 8.61. The highest BCUT2D eigenvalue weighted by Gasteiger charge is 2.39. The minimum atomic E-state index is 0.624. The normalized spacial score (nSPS) is 26.8. The van der Waals surface area contributed by atoms with Gasteiger partial charge in [0.1, 0.15) is 0 Å². The Morgan fingerprint density at radius 2 is 1.71 bits per heavy atom. The zero-order chi connectivity index (χ0) is 14.1. The summed E-state index contributed by atoms with van der Waals surface area (Å²) in [6.45, 7) is 5.00. The molecule has 0 unspecified atom stereocenters. The Hall–Kier alpha value is -1.16. The van der Waals surface area contributed by atoms with Gasteiger partial charge in [0.15, 0.2) is 5.82 Å². The molecule has 2 aliphatic heterocycles. The van der Waals surface area contributed by atoms with E-state index in [1.165, 1.54) is 58.0 Å². The minimum Gasteiger partial charge on any atom is -0.355 e. The van der Waals surface area contributed by atoms with Crippen LogP contribution in [0.5, 0.6) is 0 Å². The van der Waals surface area contributed by atoms with E-state index in [0.717, 1.165) is 24.9 Å². The maximum atomic E-state index is 4.26. The van der Waals surface area contributed by atoms with Crippen LogP contribution >= 0.6 is 0 Å². The predicted molar refractivity (Wildman–Crippen MR) is 84.4 cm³/mol. The lowest BCUT2D eigenvalue weighted by atomic mass is 9.70. The fourth-order valence-corrected chi connectivity index (χ4v) is 4.29. The molecule has 3 heterocycles. The van der Waals surface area contributed by atoms with E-state index in [-0.39, 0.29) is 0 Å². The molecule has 0 N–H and O–H groups in total. The molecule has 4 heteroatoms. The molecule has 1 aromatic rings. The van der Waals surface area contributed by atoms with Crippen molar-refractivity contribution >= 4 is 5.82 Å². The van der Waals surface area contributed by atoms with Crippen LogP contribution in [0.2, 0.25) is 0 Å². The van der Waals surface area contributed by atoms with Crippen LogP contribution in [0.15, 0.2) is 18.3 Å². The number of hydrogen-bond acceptors (Lipinski definition) is 4. The number of likely N-dealkylation sites (tertiary alicyclic amines) is 1. The third-order valence-electron chi connectivity index (χ3n) is 6.16. The van der Waals surface area contributed by atoms with Crippen molar-refractivity contribution in [3.63, 3.8) is 0 Å². The van der Waals surface area contributed by atoms with Crippen molar-refractivity contribution in [3.8, 4) is 0 Å². The average molecular weight is 286 g/mol. The van der Waals surface area contributed by atoms with Crippen LogP contribution in [-0.2, 0) is 0 Å². The van der Waals surface area contributed by atoms with E-state index in [1.807, 2.05) is 6.07 Å². The van der Waals surface area contributed by atoms with Crippen LogP contribution in [0.3, 0.4) is 0 Å². The van der Waals surface area contributed by atoms with Crippen molar-refractivity contribution in [2.24, 2.45) is 5.41 Å². The number of nitrogens with zero attached hydrogens (tertiary/aromatic N) is 4. The zero-order valence-electron chi connectivity index (χ0n) is 12.9. The summed E-state index contributed by atoms with van der Waals surface area (Å²) in [5, 5.41) is 8.27. The van der Waals surface area contributed by atoms with E-state index in [1.54, 1.807) is 6.20 Å². The number of aromatic nitrogens is 2. The van der Waals surface area contributed by atoms with Crippen molar-refractivity contribution in [3.05, 3.63) is 18.3 Å². The van der Waals surface area contributed by atoms with E-state index < -0.39 is 0 Å². The van der Waals surface area contributed by atoms with Gasteiger partial charge in [-0.2, -0.15) is 5.10 Å². The number of hydrogen-bond donors (Lipinski definition) is 0. The molecule has 0 atom stereocenters. The maximum Gasteiger partial charge on any atom is 0.151 e. The van der Waals surface area contributed by atoms with E-state index in [0.29, 0.717) is 5.41 Å². The molecule has 114 valence electrons. The molecule has 1 saturated carbocycles. The highest BCUT2D eigenvalue weighted by molar-refractivity contribution is 5.37. The van der Waals surface area contributed by atoms with Gasteiger partial charge in [0.05, 0.1) is 0 Å². The molecule has 0 bridgehead atoms.